The van der Waals surface area contributed by atoms with E-state index in [9.17, 15) is 9.59 Å². The number of hydrazone groups is 1. The van der Waals surface area contributed by atoms with Crippen molar-refractivity contribution in [1.82, 2.24) is 15.7 Å². The number of pyridine rings is 1. The SMILES string of the molecule is CC(C)(C)C1CCc2nc3sc(C(=O)NCCN)cc3cc2C1.O=C(Nc1ccccc1)C1=NNC=CC1. The highest BCUT2D eigenvalue weighted by Crippen LogP contribution is 2.38. The Balaban J connectivity index is 0.000000194. The number of nitrogens with zero attached hydrogens (tertiary/aromatic N) is 2. The molecule has 0 saturated carbocycles. The zero-order valence-corrected chi connectivity index (χ0v) is 23.0. The van der Waals surface area contributed by atoms with Gasteiger partial charge in [-0.25, -0.2) is 4.98 Å². The molecular formula is C29H36N6O2S. The summed E-state index contributed by atoms with van der Waals surface area (Å²) in [5, 5.41) is 10.6. The molecule has 3 aromatic rings. The summed E-state index contributed by atoms with van der Waals surface area (Å²) in [6.07, 6.45) is 7.45. The molecule has 5 rings (SSSR count). The van der Waals surface area contributed by atoms with E-state index in [4.69, 9.17) is 10.7 Å². The van der Waals surface area contributed by atoms with Crippen LogP contribution in [0.2, 0.25) is 0 Å². The zero-order valence-electron chi connectivity index (χ0n) is 22.2. The topological polar surface area (TPSA) is 122 Å². The van der Waals surface area contributed by atoms with E-state index >= 15 is 0 Å². The highest BCUT2D eigenvalue weighted by atomic mass is 32.1. The van der Waals surface area contributed by atoms with Gasteiger partial charge in [-0.1, -0.05) is 45.0 Å². The van der Waals surface area contributed by atoms with Crippen LogP contribution < -0.4 is 21.8 Å². The van der Waals surface area contributed by atoms with E-state index in [0.29, 0.717) is 36.6 Å². The van der Waals surface area contributed by atoms with Crippen LogP contribution >= 0.6 is 11.3 Å². The number of allylic oxidation sites excluding steroid dienone is 1. The van der Waals surface area contributed by atoms with Gasteiger partial charge in [0.2, 0.25) is 0 Å². The fourth-order valence-corrected chi connectivity index (χ4v) is 5.45. The molecule has 3 heterocycles. The van der Waals surface area contributed by atoms with E-state index < -0.39 is 0 Å². The van der Waals surface area contributed by atoms with Gasteiger partial charge < -0.3 is 16.4 Å². The number of aryl methyl sites for hydroxylation is 1. The van der Waals surface area contributed by atoms with Gasteiger partial charge in [0, 0.05) is 42.5 Å². The lowest BCUT2D eigenvalue weighted by atomic mass is 9.71. The van der Waals surface area contributed by atoms with Crippen molar-refractivity contribution < 1.29 is 9.59 Å². The van der Waals surface area contributed by atoms with Crippen LogP contribution in [0.5, 0.6) is 0 Å². The molecule has 5 N–H and O–H groups in total. The average molecular weight is 533 g/mol. The molecule has 1 unspecified atom stereocenters. The van der Waals surface area contributed by atoms with Crippen LogP contribution in [0.15, 0.2) is 59.8 Å². The lowest BCUT2D eigenvalue weighted by Gasteiger charge is -2.34. The summed E-state index contributed by atoms with van der Waals surface area (Å²) >= 11 is 1.47. The number of anilines is 1. The van der Waals surface area contributed by atoms with E-state index in [-0.39, 0.29) is 11.8 Å². The molecule has 0 bridgehead atoms. The highest BCUT2D eigenvalue weighted by molar-refractivity contribution is 7.20. The molecule has 2 aromatic heterocycles. The van der Waals surface area contributed by atoms with Gasteiger partial charge in [0.25, 0.3) is 11.8 Å². The minimum Gasteiger partial charge on any atom is -0.350 e. The predicted molar refractivity (Wildman–Crippen MR) is 155 cm³/mol. The second-order valence-electron chi connectivity index (χ2n) is 10.6. The summed E-state index contributed by atoms with van der Waals surface area (Å²) in [5.41, 5.74) is 12.3. The second kappa shape index (κ2) is 12.3. The van der Waals surface area contributed by atoms with Crippen LogP contribution in [0.1, 0.15) is 54.5 Å². The number of benzene rings is 1. The van der Waals surface area contributed by atoms with E-state index in [1.165, 1.54) is 29.0 Å². The van der Waals surface area contributed by atoms with Crippen molar-refractivity contribution in [2.45, 2.75) is 46.5 Å². The Labute approximate surface area is 227 Å². The number of carbonyl (C=O) groups is 2. The Morgan fingerprint density at radius 2 is 1.95 bits per heavy atom. The smallest absolute Gasteiger partial charge is 0.272 e. The molecule has 1 atom stereocenters. The van der Waals surface area contributed by atoms with E-state index in [1.54, 1.807) is 6.20 Å². The summed E-state index contributed by atoms with van der Waals surface area (Å²) in [6.45, 7) is 7.92. The minimum absolute atomic E-state index is 0.0519. The van der Waals surface area contributed by atoms with Crippen LogP contribution in [0.3, 0.4) is 0 Å². The standard InChI is InChI=1S/C18H25N3OS.C11H11N3O/c1-18(2,3)13-4-5-14-11(9-13)8-12-10-15(23-17(12)21-14)16(22)20-7-6-19;15-11(10-7-4-8-12-14-10)13-9-5-2-1-3-6-9/h8,10,13H,4-7,9,19H2,1-3H3,(H,20,22);1-6,8,12H,7H2,(H,13,15). The number of nitrogens with one attached hydrogen (secondary N) is 3. The molecular weight excluding hydrogens is 496 g/mol. The van der Waals surface area contributed by atoms with Crippen molar-refractivity contribution >= 4 is 44.8 Å². The molecule has 9 heteroatoms. The van der Waals surface area contributed by atoms with Gasteiger partial charge in [-0.3, -0.25) is 15.0 Å². The number of hydrogen-bond acceptors (Lipinski definition) is 7. The van der Waals surface area contributed by atoms with E-state index in [0.717, 1.165) is 33.6 Å². The molecule has 200 valence electrons. The maximum atomic E-state index is 12.1. The fraction of sp³-hybridized carbons (Fsp3) is 0.379. The number of fused-ring (bicyclic) bond motifs is 2. The number of rotatable bonds is 5. The van der Waals surface area contributed by atoms with Gasteiger partial charge in [-0.05, 0) is 60.4 Å². The first-order chi connectivity index (χ1) is 18.2. The Morgan fingerprint density at radius 1 is 1.16 bits per heavy atom. The van der Waals surface area contributed by atoms with Gasteiger partial charge in [0.05, 0.1) is 4.88 Å². The second-order valence-corrected chi connectivity index (χ2v) is 11.6. The monoisotopic (exact) mass is 532 g/mol. The maximum absolute atomic E-state index is 12.1. The number of amides is 2. The Bertz CT molecular complexity index is 1340. The summed E-state index contributed by atoms with van der Waals surface area (Å²) in [6, 6.07) is 13.5. The lowest BCUT2D eigenvalue weighted by Crippen LogP contribution is -2.28. The van der Waals surface area contributed by atoms with Crippen LogP contribution in [0.4, 0.5) is 5.69 Å². The average Bonchev–Trinajstić information content (AvgIpc) is 3.34. The maximum Gasteiger partial charge on any atom is 0.272 e. The van der Waals surface area contributed by atoms with Gasteiger partial charge in [-0.2, -0.15) is 5.10 Å². The summed E-state index contributed by atoms with van der Waals surface area (Å²) in [4.78, 5) is 30.3. The molecule has 1 aliphatic carbocycles. The fourth-order valence-electron chi connectivity index (χ4n) is 4.50. The first kappa shape index (κ1) is 27.5. The highest BCUT2D eigenvalue weighted by Gasteiger charge is 2.29. The number of hydrogen-bond donors (Lipinski definition) is 4. The molecule has 0 radical (unpaired) electrons. The van der Waals surface area contributed by atoms with Gasteiger partial charge in [0.15, 0.2) is 0 Å². The molecule has 0 saturated heterocycles. The largest absolute Gasteiger partial charge is 0.350 e. The summed E-state index contributed by atoms with van der Waals surface area (Å²) in [5.74, 6) is 0.474. The first-order valence-corrected chi connectivity index (χ1v) is 13.8. The van der Waals surface area contributed by atoms with E-state index in [1.807, 2.05) is 42.5 Å². The molecule has 8 nitrogen and oxygen atoms in total. The predicted octanol–water partition coefficient (Wildman–Crippen LogP) is 4.62. The molecule has 1 aliphatic heterocycles. The normalized spacial score (nSPS) is 16.4. The van der Waals surface area contributed by atoms with Crippen molar-refractivity contribution in [3.63, 3.8) is 0 Å². The molecule has 2 aliphatic rings. The van der Waals surface area contributed by atoms with Crippen molar-refractivity contribution in [3.05, 3.63) is 70.9 Å². The van der Waals surface area contributed by atoms with Crippen LogP contribution in [0, 0.1) is 11.3 Å². The van der Waals surface area contributed by atoms with Gasteiger partial charge in [0.1, 0.15) is 10.5 Å². The molecule has 0 fully saturated rings. The molecule has 1 aromatic carbocycles. The quantitative estimate of drug-likeness (QED) is 0.382. The van der Waals surface area contributed by atoms with Crippen molar-refractivity contribution in [1.29, 1.82) is 0 Å². The van der Waals surface area contributed by atoms with Crippen molar-refractivity contribution in [3.8, 4) is 0 Å². The number of aromatic nitrogens is 1. The first-order valence-electron chi connectivity index (χ1n) is 13.0. The number of nitrogens with two attached hydrogens (primary N) is 1. The summed E-state index contributed by atoms with van der Waals surface area (Å²) < 4.78 is 0. The Kier molecular flexibility index (Phi) is 8.91. The number of carbonyl (C=O) groups excluding carboxylic acids is 2. The molecule has 0 spiro atoms. The summed E-state index contributed by atoms with van der Waals surface area (Å²) in [7, 11) is 0. The lowest BCUT2D eigenvalue weighted by molar-refractivity contribution is -0.110. The van der Waals surface area contributed by atoms with Crippen molar-refractivity contribution in [2.24, 2.45) is 22.2 Å². The molecule has 38 heavy (non-hydrogen) atoms. The zero-order chi connectivity index (χ0) is 27.1. The third-order valence-electron chi connectivity index (χ3n) is 6.75. The number of thiophene rings is 1. The van der Waals surface area contributed by atoms with E-state index in [2.05, 4.69) is 48.0 Å². The van der Waals surface area contributed by atoms with Crippen LogP contribution in [0.25, 0.3) is 10.2 Å². The van der Waals surface area contributed by atoms with Gasteiger partial charge in [-0.15, -0.1) is 11.3 Å². The van der Waals surface area contributed by atoms with Gasteiger partial charge >= 0.3 is 0 Å². The third kappa shape index (κ3) is 7.05. The van der Waals surface area contributed by atoms with Crippen molar-refractivity contribution in [2.75, 3.05) is 18.4 Å². The third-order valence-corrected chi connectivity index (χ3v) is 7.79. The minimum atomic E-state index is -0.168. The van der Waals surface area contributed by atoms with Crippen LogP contribution in [-0.4, -0.2) is 35.6 Å². The number of para-hydroxylation sites is 1. The Morgan fingerprint density at radius 3 is 2.63 bits per heavy atom. The van der Waals surface area contributed by atoms with Crippen LogP contribution in [-0.2, 0) is 17.6 Å². The molecule has 2 amide bonds. The Hall–Kier alpha value is -3.56.